The van der Waals surface area contributed by atoms with E-state index >= 15 is 0 Å². The number of aryl methyl sites for hydroxylation is 1. The zero-order chi connectivity index (χ0) is 14.2. The number of nitro groups is 1. The summed E-state index contributed by atoms with van der Waals surface area (Å²) in [4.78, 5) is 10.1. The number of aromatic nitrogens is 2. The van der Waals surface area contributed by atoms with Crippen molar-refractivity contribution in [2.45, 2.75) is 13.1 Å². The predicted octanol–water partition coefficient (Wildman–Crippen LogP) is 2.91. The Balaban J connectivity index is 2.71. The molecule has 0 saturated heterocycles. The average molecular weight is 270 g/mol. The van der Waals surface area contributed by atoms with Crippen molar-refractivity contribution in [1.29, 1.82) is 0 Å². The molecular weight excluding hydrogens is 263 g/mol. The lowest BCUT2D eigenvalue weighted by Crippen LogP contribution is -2.15. The summed E-state index contributed by atoms with van der Waals surface area (Å²) < 4.78 is 39.2. The van der Waals surface area contributed by atoms with Crippen molar-refractivity contribution in [3.05, 3.63) is 51.8 Å². The van der Waals surface area contributed by atoms with E-state index in [1.165, 1.54) is 25.1 Å². The molecule has 0 bridgehead atoms. The maximum Gasteiger partial charge on any atom is 0.433 e. The van der Waals surface area contributed by atoms with Crippen LogP contribution in [-0.4, -0.2) is 14.7 Å². The summed E-state index contributed by atoms with van der Waals surface area (Å²) in [6, 6.07) is 5.09. The summed E-state index contributed by atoms with van der Waals surface area (Å²) in [5.74, 6) is 0. The van der Waals surface area contributed by atoms with E-state index in [1.54, 1.807) is 0 Å². The largest absolute Gasteiger partial charge is 0.433 e. The Bertz CT molecular complexity index is 634. The zero-order valence-electron chi connectivity index (χ0n) is 9.60. The zero-order valence-corrected chi connectivity index (χ0v) is 9.60. The minimum absolute atomic E-state index is 0.217. The van der Waals surface area contributed by atoms with Crippen molar-refractivity contribution in [1.82, 2.24) is 9.78 Å². The fraction of sp³-hybridized carbons (Fsp3) is 0.182. The van der Waals surface area contributed by atoms with Crippen molar-refractivity contribution in [3.8, 4) is 5.69 Å². The monoisotopic (exact) mass is 270 g/mol. The van der Waals surface area contributed by atoms with Crippen LogP contribution < -0.4 is 0 Å². The molecule has 19 heavy (non-hydrogen) atoms. The summed E-state index contributed by atoms with van der Waals surface area (Å²) >= 11 is 0. The van der Waals surface area contributed by atoms with Crippen LogP contribution in [0.25, 0.3) is 5.69 Å². The topological polar surface area (TPSA) is 61.0 Å². The van der Waals surface area contributed by atoms with Gasteiger partial charge in [0.05, 0.1) is 4.92 Å². The van der Waals surface area contributed by atoms with Gasteiger partial charge in [0.1, 0.15) is 11.9 Å². The summed E-state index contributed by atoms with van der Waals surface area (Å²) in [6.45, 7) is 1.20. The normalized spacial score (nSPS) is 11.6. The van der Waals surface area contributed by atoms with Crippen molar-refractivity contribution < 1.29 is 18.1 Å². The van der Waals surface area contributed by atoms with Gasteiger partial charge in [-0.05, 0) is 13.0 Å². The number of alkyl halides is 3. The van der Waals surface area contributed by atoms with Crippen molar-refractivity contribution >= 4 is 5.69 Å². The Kier molecular flexibility index (Phi) is 3.01. The van der Waals surface area contributed by atoms with E-state index in [1.807, 2.05) is 0 Å². The number of para-hydroxylation sites is 2. The molecule has 2 aromatic rings. The Labute approximate surface area is 105 Å². The first-order chi connectivity index (χ1) is 8.82. The molecule has 1 radical (unpaired) electrons. The van der Waals surface area contributed by atoms with E-state index in [2.05, 4.69) is 11.3 Å². The first-order valence-electron chi connectivity index (χ1n) is 5.10. The summed E-state index contributed by atoms with van der Waals surface area (Å²) in [5.41, 5.74) is -1.99. The lowest BCUT2D eigenvalue weighted by Gasteiger charge is -2.11. The molecule has 0 fully saturated rings. The fourth-order valence-electron chi connectivity index (χ4n) is 1.69. The van der Waals surface area contributed by atoms with Gasteiger partial charge in [0, 0.05) is 11.6 Å². The molecule has 0 N–H and O–H groups in total. The summed E-state index contributed by atoms with van der Waals surface area (Å²) in [5, 5.41) is 14.3. The van der Waals surface area contributed by atoms with E-state index in [0.29, 0.717) is 4.68 Å². The van der Waals surface area contributed by atoms with Gasteiger partial charge in [0.2, 0.25) is 0 Å². The number of nitrogens with zero attached hydrogens (tertiary/aromatic N) is 3. The third-order valence-electron chi connectivity index (χ3n) is 2.46. The van der Waals surface area contributed by atoms with E-state index in [0.717, 1.165) is 6.07 Å². The van der Waals surface area contributed by atoms with Gasteiger partial charge in [-0.1, -0.05) is 12.1 Å². The minimum Gasteiger partial charge on any atom is -0.258 e. The smallest absolute Gasteiger partial charge is 0.258 e. The second-order valence-corrected chi connectivity index (χ2v) is 3.74. The van der Waals surface area contributed by atoms with Crippen LogP contribution in [0.2, 0.25) is 0 Å². The van der Waals surface area contributed by atoms with E-state index < -0.39 is 22.5 Å². The van der Waals surface area contributed by atoms with Crippen LogP contribution in [0.3, 0.4) is 0 Å². The van der Waals surface area contributed by atoms with E-state index in [9.17, 15) is 23.3 Å². The lowest BCUT2D eigenvalue weighted by atomic mass is 10.2. The summed E-state index contributed by atoms with van der Waals surface area (Å²) in [6.07, 6.45) is -2.49. The van der Waals surface area contributed by atoms with Gasteiger partial charge in [0.15, 0.2) is 5.69 Å². The molecule has 0 unspecified atom stereocenters. The number of rotatable bonds is 2. The van der Waals surface area contributed by atoms with Crippen molar-refractivity contribution in [2.24, 2.45) is 0 Å². The highest BCUT2D eigenvalue weighted by molar-refractivity contribution is 5.52. The fourth-order valence-corrected chi connectivity index (χ4v) is 1.69. The molecule has 0 amide bonds. The SMILES string of the molecule is Cc1[c]nn(-c2ccccc2[N+](=O)[O-])c1C(F)(F)F. The molecule has 1 aromatic heterocycles. The number of halogens is 3. The molecule has 0 spiro atoms. The molecule has 0 saturated carbocycles. The second kappa shape index (κ2) is 4.38. The third-order valence-corrected chi connectivity index (χ3v) is 2.46. The van der Waals surface area contributed by atoms with Crippen LogP contribution in [0.1, 0.15) is 11.3 Å². The molecule has 5 nitrogen and oxygen atoms in total. The Hall–Kier alpha value is -2.38. The van der Waals surface area contributed by atoms with Gasteiger partial charge in [-0.3, -0.25) is 10.1 Å². The molecule has 2 rings (SSSR count). The highest BCUT2D eigenvalue weighted by atomic mass is 19.4. The number of nitro benzene ring substituents is 1. The third kappa shape index (κ3) is 2.28. The maximum absolute atomic E-state index is 12.9. The van der Waals surface area contributed by atoms with Crippen molar-refractivity contribution in [3.63, 3.8) is 0 Å². The van der Waals surface area contributed by atoms with Gasteiger partial charge in [-0.2, -0.15) is 18.3 Å². The number of benzene rings is 1. The van der Waals surface area contributed by atoms with Crippen molar-refractivity contribution in [2.75, 3.05) is 0 Å². The molecule has 1 heterocycles. The average Bonchev–Trinajstić information content (AvgIpc) is 2.70. The van der Waals surface area contributed by atoms with Gasteiger partial charge < -0.3 is 0 Å². The standard InChI is InChI=1S/C11H7F3N3O2/c1-7-6-15-16(10(7)11(12,13)14)8-4-2-3-5-9(8)17(18)19/h2-5H,1H3. The maximum atomic E-state index is 12.9. The van der Waals surface area contributed by atoms with Crippen LogP contribution in [0.15, 0.2) is 24.3 Å². The van der Waals surface area contributed by atoms with Gasteiger partial charge in [0.25, 0.3) is 5.69 Å². The van der Waals surface area contributed by atoms with Crippen LogP contribution in [0, 0.1) is 23.2 Å². The molecule has 0 aliphatic carbocycles. The number of hydrogen-bond donors (Lipinski definition) is 0. The molecule has 0 atom stereocenters. The van der Waals surface area contributed by atoms with Crippen LogP contribution in [0.4, 0.5) is 18.9 Å². The quantitative estimate of drug-likeness (QED) is 0.622. The first-order valence-corrected chi connectivity index (χ1v) is 5.10. The molecule has 0 aliphatic rings. The lowest BCUT2D eigenvalue weighted by molar-refractivity contribution is -0.384. The Morgan fingerprint density at radius 2 is 2.00 bits per heavy atom. The Morgan fingerprint density at radius 1 is 1.37 bits per heavy atom. The van der Waals surface area contributed by atoms with Gasteiger partial charge in [-0.15, -0.1) is 0 Å². The van der Waals surface area contributed by atoms with E-state index in [4.69, 9.17) is 0 Å². The highest BCUT2D eigenvalue weighted by Crippen LogP contribution is 2.34. The molecule has 8 heteroatoms. The Morgan fingerprint density at radius 3 is 2.58 bits per heavy atom. The van der Waals surface area contributed by atoms with Gasteiger partial charge in [-0.25, -0.2) is 4.68 Å². The number of hydrogen-bond acceptors (Lipinski definition) is 3. The van der Waals surface area contributed by atoms with Crippen LogP contribution in [-0.2, 0) is 6.18 Å². The molecular formula is C11H7F3N3O2. The first kappa shape index (κ1) is 13.1. The highest BCUT2D eigenvalue weighted by Gasteiger charge is 2.38. The minimum atomic E-state index is -4.67. The molecule has 0 aliphatic heterocycles. The second-order valence-electron chi connectivity index (χ2n) is 3.74. The van der Waals surface area contributed by atoms with Gasteiger partial charge >= 0.3 is 6.18 Å². The van der Waals surface area contributed by atoms with Crippen LogP contribution in [0.5, 0.6) is 0 Å². The summed E-state index contributed by atoms with van der Waals surface area (Å²) in [7, 11) is 0. The van der Waals surface area contributed by atoms with Crippen LogP contribution >= 0.6 is 0 Å². The molecule has 99 valence electrons. The molecule has 1 aromatic carbocycles. The predicted molar refractivity (Wildman–Crippen MR) is 58.8 cm³/mol. The van der Waals surface area contributed by atoms with E-state index in [-0.39, 0.29) is 11.3 Å².